The van der Waals surface area contributed by atoms with E-state index >= 15 is 0 Å². The van der Waals surface area contributed by atoms with E-state index in [1.165, 1.54) is 31.2 Å². The van der Waals surface area contributed by atoms with Crippen LogP contribution in [0.1, 0.15) is 45.1 Å². The highest BCUT2D eigenvalue weighted by atomic mass is 35.5. The Kier molecular flexibility index (Phi) is 7.38. The predicted octanol–water partition coefficient (Wildman–Crippen LogP) is 4.69. The summed E-state index contributed by atoms with van der Waals surface area (Å²) in [5.41, 5.74) is 1.33. The molecule has 1 rings (SSSR count). The lowest BCUT2D eigenvalue weighted by molar-refractivity contribution is 0.323. The fourth-order valence-corrected chi connectivity index (χ4v) is 2.92. The van der Waals surface area contributed by atoms with Crippen LogP contribution in [0, 0.1) is 5.92 Å². The molecule has 0 aliphatic heterocycles. The molecule has 0 radical (unpaired) electrons. The predicted molar refractivity (Wildman–Crippen MR) is 81.3 cm³/mol. The van der Waals surface area contributed by atoms with E-state index in [1.807, 2.05) is 12.1 Å². The van der Waals surface area contributed by atoms with Crippen molar-refractivity contribution in [3.05, 3.63) is 34.9 Å². The minimum absolute atomic E-state index is 0.559. The Bertz CT molecular complexity index is 332. The normalized spacial score (nSPS) is 12.9. The van der Waals surface area contributed by atoms with Gasteiger partial charge in [0.1, 0.15) is 0 Å². The second-order valence-corrected chi connectivity index (χ2v) is 5.50. The van der Waals surface area contributed by atoms with Crippen LogP contribution in [-0.2, 0) is 6.42 Å². The molecule has 0 saturated carbocycles. The average Bonchev–Trinajstić information content (AvgIpc) is 2.36. The van der Waals surface area contributed by atoms with Crippen LogP contribution in [0.15, 0.2) is 24.3 Å². The Hall–Kier alpha value is -0.530. The summed E-state index contributed by atoms with van der Waals surface area (Å²) in [6.45, 7) is 4.55. The smallest absolute Gasteiger partial charge is 0.0408 e. The van der Waals surface area contributed by atoms with Crippen molar-refractivity contribution in [2.45, 2.75) is 52.0 Å². The summed E-state index contributed by atoms with van der Waals surface area (Å²) < 4.78 is 0. The molecule has 1 N–H and O–H groups in total. The van der Waals surface area contributed by atoms with Gasteiger partial charge in [-0.2, -0.15) is 0 Å². The van der Waals surface area contributed by atoms with E-state index in [0.717, 1.165) is 17.4 Å². The molecule has 0 bridgehead atoms. The van der Waals surface area contributed by atoms with E-state index in [1.54, 1.807) is 0 Å². The van der Waals surface area contributed by atoms with Gasteiger partial charge in [-0.25, -0.2) is 0 Å². The van der Waals surface area contributed by atoms with Crippen molar-refractivity contribution in [1.29, 1.82) is 0 Å². The summed E-state index contributed by atoms with van der Waals surface area (Å²) in [4.78, 5) is 0. The highest BCUT2D eigenvalue weighted by Gasteiger charge is 2.18. The molecule has 2 heteroatoms. The minimum atomic E-state index is 0.559. The van der Waals surface area contributed by atoms with Crippen LogP contribution in [0.4, 0.5) is 0 Å². The minimum Gasteiger partial charge on any atom is -0.316 e. The van der Waals surface area contributed by atoms with Crippen molar-refractivity contribution < 1.29 is 0 Å². The maximum Gasteiger partial charge on any atom is 0.0408 e. The van der Waals surface area contributed by atoms with Gasteiger partial charge in [0, 0.05) is 11.1 Å². The molecule has 0 fully saturated rings. The first kappa shape index (κ1) is 15.5. The van der Waals surface area contributed by atoms with Gasteiger partial charge in [-0.3, -0.25) is 0 Å². The third-order valence-corrected chi connectivity index (χ3v) is 3.84. The Morgan fingerprint density at radius 1 is 1.17 bits per heavy atom. The number of hydrogen-bond donors (Lipinski definition) is 1. The molecular formula is C16H26ClN. The second kappa shape index (κ2) is 8.55. The lowest BCUT2D eigenvalue weighted by Gasteiger charge is -2.26. The zero-order valence-corrected chi connectivity index (χ0v) is 12.6. The summed E-state index contributed by atoms with van der Waals surface area (Å²) in [5.74, 6) is 0.768. The SMILES string of the molecule is CCCC(CCC)C(Cc1cccc(Cl)c1)NC. The van der Waals surface area contributed by atoms with E-state index in [-0.39, 0.29) is 0 Å². The van der Waals surface area contributed by atoms with Crippen LogP contribution in [0.5, 0.6) is 0 Å². The lowest BCUT2D eigenvalue weighted by atomic mass is 9.87. The molecule has 0 saturated heterocycles. The van der Waals surface area contributed by atoms with Crippen LogP contribution in [-0.4, -0.2) is 13.1 Å². The summed E-state index contributed by atoms with van der Waals surface area (Å²) in [6, 6.07) is 8.79. The first-order chi connectivity index (χ1) is 8.71. The van der Waals surface area contributed by atoms with Crippen molar-refractivity contribution >= 4 is 11.6 Å². The summed E-state index contributed by atoms with van der Waals surface area (Å²) in [6.07, 6.45) is 6.21. The maximum atomic E-state index is 6.05. The Morgan fingerprint density at radius 3 is 2.33 bits per heavy atom. The number of hydrogen-bond acceptors (Lipinski definition) is 1. The summed E-state index contributed by atoms with van der Waals surface area (Å²) in [5, 5.41) is 4.33. The van der Waals surface area contributed by atoms with Crippen molar-refractivity contribution in [3.63, 3.8) is 0 Å². The van der Waals surface area contributed by atoms with Crippen molar-refractivity contribution in [3.8, 4) is 0 Å². The molecule has 102 valence electrons. The molecule has 0 aliphatic carbocycles. The molecule has 1 unspecified atom stereocenters. The molecule has 1 aromatic rings. The average molecular weight is 268 g/mol. The van der Waals surface area contributed by atoms with Gasteiger partial charge in [-0.15, -0.1) is 0 Å². The van der Waals surface area contributed by atoms with Crippen molar-refractivity contribution in [1.82, 2.24) is 5.32 Å². The fraction of sp³-hybridized carbons (Fsp3) is 0.625. The molecule has 1 nitrogen and oxygen atoms in total. The van der Waals surface area contributed by atoms with Crippen molar-refractivity contribution in [2.24, 2.45) is 5.92 Å². The summed E-state index contributed by atoms with van der Waals surface area (Å²) >= 11 is 6.05. The quantitative estimate of drug-likeness (QED) is 0.721. The van der Waals surface area contributed by atoms with Gasteiger partial charge < -0.3 is 5.32 Å². The van der Waals surface area contributed by atoms with Crippen LogP contribution in [0.3, 0.4) is 0 Å². The number of rotatable bonds is 8. The van der Waals surface area contributed by atoms with Crippen LogP contribution in [0.25, 0.3) is 0 Å². The largest absolute Gasteiger partial charge is 0.316 e. The van der Waals surface area contributed by atoms with Gasteiger partial charge in [0.15, 0.2) is 0 Å². The standard InChI is InChI=1S/C16H26ClN/c1-4-7-14(8-5-2)16(18-3)12-13-9-6-10-15(17)11-13/h6,9-11,14,16,18H,4-5,7-8,12H2,1-3H3. The zero-order valence-electron chi connectivity index (χ0n) is 11.9. The van der Waals surface area contributed by atoms with E-state index in [0.29, 0.717) is 6.04 Å². The number of nitrogens with one attached hydrogen (secondary N) is 1. The van der Waals surface area contributed by atoms with Crippen LogP contribution < -0.4 is 5.32 Å². The molecule has 0 aliphatic rings. The molecule has 1 atom stereocenters. The Balaban J connectivity index is 2.69. The van der Waals surface area contributed by atoms with E-state index in [9.17, 15) is 0 Å². The number of benzene rings is 1. The highest BCUT2D eigenvalue weighted by Crippen LogP contribution is 2.22. The third-order valence-electron chi connectivity index (χ3n) is 3.60. The molecule has 1 aromatic carbocycles. The van der Waals surface area contributed by atoms with E-state index in [2.05, 4.69) is 38.3 Å². The number of halogens is 1. The zero-order chi connectivity index (χ0) is 13.4. The van der Waals surface area contributed by atoms with Gasteiger partial charge in [-0.05, 0) is 49.9 Å². The van der Waals surface area contributed by atoms with Crippen LogP contribution >= 0.6 is 11.6 Å². The molecular weight excluding hydrogens is 242 g/mol. The number of likely N-dealkylation sites (N-methyl/N-ethyl adjacent to an activating group) is 1. The molecule has 18 heavy (non-hydrogen) atoms. The molecule has 0 heterocycles. The van der Waals surface area contributed by atoms with E-state index < -0.39 is 0 Å². The van der Waals surface area contributed by atoms with Gasteiger partial charge in [0.05, 0.1) is 0 Å². The third kappa shape index (κ3) is 4.99. The molecule has 0 spiro atoms. The topological polar surface area (TPSA) is 12.0 Å². The lowest BCUT2D eigenvalue weighted by Crippen LogP contribution is -2.35. The second-order valence-electron chi connectivity index (χ2n) is 5.07. The van der Waals surface area contributed by atoms with Gasteiger partial charge in [0.25, 0.3) is 0 Å². The Labute approximate surface area is 117 Å². The first-order valence-corrected chi connectivity index (χ1v) is 7.50. The van der Waals surface area contributed by atoms with Gasteiger partial charge >= 0.3 is 0 Å². The Morgan fingerprint density at radius 2 is 1.83 bits per heavy atom. The van der Waals surface area contributed by atoms with Crippen LogP contribution in [0.2, 0.25) is 5.02 Å². The monoisotopic (exact) mass is 267 g/mol. The highest BCUT2D eigenvalue weighted by molar-refractivity contribution is 6.30. The molecule has 0 amide bonds. The summed E-state index contributed by atoms with van der Waals surface area (Å²) in [7, 11) is 2.08. The van der Waals surface area contributed by atoms with Gasteiger partial charge in [-0.1, -0.05) is 50.4 Å². The van der Waals surface area contributed by atoms with Gasteiger partial charge in [0.2, 0.25) is 0 Å². The van der Waals surface area contributed by atoms with E-state index in [4.69, 9.17) is 11.6 Å². The fourth-order valence-electron chi connectivity index (χ4n) is 2.71. The first-order valence-electron chi connectivity index (χ1n) is 7.12. The van der Waals surface area contributed by atoms with Crippen molar-refractivity contribution in [2.75, 3.05) is 7.05 Å². The molecule has 0 aromatic heterocycles. The maximum absolute atomic E-state index is 6.05.